The Hall–Kier alpha value is -0.160. The van der Waals surface area contributed by atoms with Crippen LogP contribution in [0.5, 0.6) is 0 Å². The Labute approximate surface area is 137 Å². The van der Waals surface area contributed by atoms with Crippen molar-refractivity contribution in [2.45, 2.75) is 70.6 Å². The van der Waals surface area contributed by atoms with Gasteiger partial charge >= 0.3 is 0 Å². The van der Waals surface area contributed by atoms with E-state index < -0.39 is 0 Å². The van der Waals surface area contributed by atoms with Crippen molar-refractivity contribution in [2.75, 3.05) is 39.3 Å². The lowest BCUT2D eigenvalue weighted by atomic mass is 9.98. The van der Waals surface area contributed by atoms with E-state index in [-0.39, 0.29) is 5.54 Å². The fourth-order valence-electron chi connectivity index (χ4n) is 4.60. The first kappa shape index (κ1) is 16.7. The highest BCUT2D eigenvalue weighted by atomic mass is 15.3. The highest BCUT2D eigenvalue weighted by molar-refractivity contribution is 5.14. The van der Waals surface area contributed by atoms with Gasteiger partial charge in [-0.2, -0.15) is 0 Å². The second-order valence-electron chi connectivity index (χ2n) is 8.91. The van der Waals surface area contributed by atoms with Crippen LogP contribution in [0.4, 0.5) is 0 Å². The van der Waals surface area contributed by atoms with Crippen LogP contribution in [-0.4, -0.2) is 72.2 Å². The maximum atomic E-state index is 3.86. The van der Waals surface area contributed by atoms with E-state index in [0.717, 1.165) is 12.5 Å². The summed E-state index contributed by atoms with van der Waals surface area (Å²) in [5.74, 6) is 0.877. The predicted molar refractivity (Wildman–Crippen MR) is 93.3 cm³/mol. The molecule has 2 saturated heterocycles. The summed E-state index contributed by atoms with van der Waals surface area (Å²) in [5.41, 5.74) is 0.714. The zero-order valence-electron chi connectivity index (χ0n) is 15.3. The summed E-state index contributed by atoms with van der Waals surface area (Å²) in [6.07, 6.45) is 2.74. The molecule has 128 valence electrons. The predicted octanol–water partition coefficient (Wildman–Crippen LogP) is 1.52. The molecule has 2 unspecified atom stereocenters. The van der Waals surface area contributed by atoms with E-state index in [1.807, 2.05) is 0 Å². The van der Waals surface area contributed by atoms with Gasteiger partial charge in [-0.15, -0.1) is 0 Å². The third kappa shape index (κ3) is 3.50. The van der Waals surface area contributed by atoms with Crippen molar-refractivity contribution in [3.63, 3.8) is 0 Å². The van der Waals surface area contributed by atoms with Crippen LogP contribution >= 0.6 is 0 Å². The van der Waals surface area contributed by atoms with Crippen LogP contribution in [0.2, 0.25) is 0 Å². The molecule has 3 rings (SSSR count). The standard InChI is InChI=1S/C18H36N4/c1-14(2)21-8-7-20-18(13-21)11-16(18)10-15(3)22-9-6-19-17(4,5)12-22/h14-16,19-20H,6-13H2,1-5H3/t15-,16?,18?/m1/s1. The van der Waals surface area contributed by atoms with Gasteiger partial charge in [0, 0.05) is 62.4 Å². The van der Waals surface area contributed by atoms with Crippen LogP contribution in [-0.2, 0) is 0 Å². The molecule has 3 aliphatic rings. The lowest BCUT2D eigenvalue weighted by Gasteiger charge is -2.42. The molecule has 2 heterocycles. The monoisotopic (exact) mass is 308 g/mol. The molecule has 3 atom stereocenters. The third-order valence-electron chi connectivity index (χ3n) is 6.17. The Balaban J connectivity index is 1.52. The normalized spacial score (nSPS) is 37.6. The smallest absolute Gasteiger partial charge is 0.0342 e. The summed E-state index contributed by atoms with van der Waals surface area (Å²) in [4.78, 5) is 5.36. The third-order valence-corrected chi connectivity index (χ3v) is 6.17. The van der Waals surface area contributed by atoms with E-state index in [9.17, 15) is 0 Å². The first-order valence-electron chi connectivity index (χ1n) is 9.29. The highest BCUT2D eigenvalue weighted by Gasteiger charge is 2.56. The average molecular weight is 309 g/mol. The van der Waals surface area contributed by atoms with Crippen molar-refractivity contribution in [3.8, 4) is 0 Å². The second-order valence-corrected chi connectivity index (χ2v) is 8.91. The molecule has 1 aliphatic carbocycles. The molecular weight excluding hydrogens is 272 g/mol. The largest absolute Gasteiger partial charge is 0.309 e. The van der Waals surface area contributed by atoms with Gasteiger partial charge in [-0.25, -0.2) is 0 Å². The fourth-order valence-corrected chi connectivity index (χ4v) is 4.60. The van der Waals surface area contributed by atoms with Gasteiger partial charge in [-0.05, 0) is 53.4 Å². The van der Waals surface area contributed by atoms with Crippen molar-refractivity contribution in [2.24, 2.45) is 5.92 Å². The van der Waals surface area contributed by atoms with E-state index in [1.165, 1.54) is 45.6 Å². The van der Waals surface area contributed by atoms with Gasteiger partial charge in [0.15, 0.2) is 0 Å². The van der Waals surface area contributed by atoms with Crippen molar-refractivity contribution in [1.29, 1.82) is 0 Å². The minimum atomic E-state index is 0.269. The van der Waals surface area contributed by atoms with Crippen LogP contribution in [0.3, 0.4) is 0 Å². The van der Waals surface area contributed by atoms with Crippen LogP contribution in [0.1, 0.15) is 47.5 Å². The van der Waals surface area contributed by atoms with Gasteiger partial charge in [0.25, 0.3) is 0 Å². The summed E-state index contributed by atoms with van der Waals surface area (Å²) >= 11 is 0. The summed E-state index contributed by atoms with van der Waals surface area (Å²) in [7, 11) is 0. The van der Waals surface area contributed by atoms with E-state index in [1.54, 1.807) is 0 Å². The van der Waals surface area contributed by atoms with Crippen molar-refractivity contribution in [1.82, 2.24) is 20.4 Å². The van der Waals surface area contributed by atoms with E-state index in [2.05, 4.69) is 55.1 Å². The number of nitrogens with zero attached hydrogens (tertiary/aromatic N) is 2. The summed E-state index contributed by atoms with van der Waals surface area (Å²) in [5, 5.41) is 7.48. The van der Waals surface area contributed by atoms with E-state index in [4.69, 9.17) is 0 Å². The quantitative estimate of drug-likeness (QED) is 0.824. The summed E-state index contributed by atoms with van der Waals surface area (Å²) in [6, 6.07) is 1.40. The second kappa shape index (κ2) is 6.04. The lowest BCUT2D eigenvalue weighted by molar-refractivity contribution is 0.102. The van der Waals surface area contributed by atoms with Gasteiger partial charge in [-0.3, -0.25) is 9.80 Å². The number of nitrogens with one attached hydrogen (secondary N) is 2. The van der Waals surface area contributed by atoms with Crippen LogP contribution in [0.15, 0.2) is 0 Å². The van der Waals surface area contributed by atoms with Crippen molar-refractivity contribution in [3.05, 3.63) is 0 Å². The minimum absolute atomic E-state index is 0.269. The van der Waals surface area contributed by atoms with Crippen LogP contribution in [0, 0.1) is 5.92 Å². The minimum Gasteiger partial charge on any atom is -0.309 e. The molecule has 0 bridgehead atoms. The van der Waals surface area contributed by atoms with Gasteiger partial charge in [0.1, 0.15) is 0 Å². The number of rotatable bonds is 4. The molecule has 2 aliphatic heterocycles. The molecule has 4 nitrogen and oxygen atoms in total. The molecule has 0 aromatic rings. The fraction of sp³-hybridized carbons (Fsp3) is 1.00. The molecule has 0 radical (unpaired) electrons. The zero-order valence-corrected chi connectivity index (χ0v) is 15.3. The molecule has 1 spiro atoms. The zero-order chi connectivity index (χ0) is 16.0. The van der Waals surface area contributed by atoms with E-state index >= 15 is 0 Å². The summed E-state index contributed by atoms with van der Waals surface area (Å²) in [6.45, 7) is 18.9. The first-order valence-corrected chi connectivity index (χ1v) is 9.29. The molecule has 1 saturated carbocycles. The Morgan fingerprint density at radius 2 is 1.68 bits per heavy atom. The molecule has 3 fully saturated rings. The average Bonchev–Trinajstić information content (AvgIpc) is 3.08. The Morgan fingerprint density at radius 3 is 2.36 bits per heavy atom. The number of hydrogen-bond acceptors (Lipinski definition) is 4. The topological polar surface area (TPSA) is 30.5 Å². The molecule has 4 heteroatoms. The SMILES string of the molecule is CC(C)N1CCNC2(CC2C[C@@H](C)N2CCNC(C)(C)C2)C1. The lowest BCUT2D eigenvalue weighted by Crippen LogP contribution is -2.59. The molecule has 2 N–H and O–H groups in total. The van der Waals surface area contributed by atoms with Gasteiger partial charge in [0.05, 0.1) is 0 Å². The van der Waals surface area contributed by atoms with Crippen LogP contribution < -0.4 is 10.6 Å². The molecule has 22 heavy (non-hydrogen) atoms. The number of piperazine rings is 2. The maximum absolute atomic E-state index is 3.86. The molecule has 0 aromatic carbocycles. The Morgan fingerprint density at radius 1 is 1.00 bits per heavy atom. The van der Waals surface area contributed by atoms with Gasteiger partial charge in [-0.1, -0.05) is 0 Å². The highest BCUT2D eigenvalue weighted by Crippen LogP contribution is 2.48. The van der Waals surface area contributed by atoms with E-state index in [0.29, 0.717) is 17.6 Å². The van der Waals surface area contributed by atoms with Crippen molar-refractivity contribution < 1.29 is 0 Å². The first-order chi connectivity index (χ1) is 10.3. The van der Waals surface area contributed by atoms with Gasteiger partial charge < -0.3 is 10.6 Å². The maximum Gasteiger partial charge on any atom is 0.0342 e. The Bertz CT molecular complexity index is 395. The Kier molecular flexibility index (Phi) is 4.59. The van der Waals surface area contributed by atoms with Crippen LogP contribution in [0.25, 0.3) is 0 Å². The number of hydrogen-bond donors (Lipinski definition) is 2. The molecular formula is C18H36N4. The molecule has 0 aromatic heterocycles. The van der Waals surface area contributed by atoms with Crippen molar-refractivity contribution >= 4 is 0 Å². The summed E-state index contributed by atoms with van der Waals surface area (Å²) < 4.78 is 0. The molecule has 0 amide bonds. The van der Waals surface area contributed by atoms with Gasteiger partial charge in [0.2, 0.25) is 0 Å².